The smallest absolute Gasteiger partial charge is 0.181 e. The van der Waals surface area contributed by atoms with Crippen molar-refractivity contribution in [3.63, 3.8) is 0 Å². The monoisotopic (exact) mass is 499 g/mol. The largest absolute Gasteiger partial charge is 0.506 e. The third-order valence-corrected chi connectivity index (χ3v) is 5.27. The highest BCUT2D eigenvalue weighted by Crippen LogP contribution is 2.35. The van der Waals surface area contributed by atoms with Gasteiger partial charge in [0, 0.05) is 5.56 Å². The highest BCUT2D eigenvalue weighted by atomic mass is 79.9. The van der Waals surface area contributed by atoms with Crippen molar-refractivity contribution < 1.29 is 9.84 Å². The summed E-state index contributed by atoms with van der Waals surface area (Å²) in [6.07, 6.45) is 1.69. The van der Waals surface area contributed by atoms with E-state index in [4.69, 9.17) is 4.74 Å². The molecule has 7 heteroatoms. The normalized spacial score (nSPS) is 10.8. The van der Waals surface area contributed by atoms with Crippen molar-refractivity contribution in [2.45, 2.75) is 6.54 Å². The lowest BCUT2D eigenvalue weighted by molar-refractivity contribution is 0.468. The highest BCUT2D eigenvalue weighted by Gasteiger charge is 2.11. The third-order valence-electron chi connectivity index (χ3n) is 4.06. The Bertz CT molecular complexity index is 1070. The number of aromatic nitrogens is 3. The number of rotatable bonds is 5. The Labute approximate surface area is 178 Å². The number of halogens is 2. The van der Waals surface area contributed by atoms with Crippen LogP contribution in [-0.2, 0) is 6.54 Å². The van der Waals surface area contributed by atoms with E-state index in [0.29, 0.717) is 21.3 Å². The molecule has 0 amide bonds. The summed E-state index contributed by atoms with van der Waals surface area (Å²) in [6, 6.07) is 21.1. The molecule has 0 unspecified atom stereocenters. The molecule has 0 aliphatic heterocycles. The molecule has 1 heterocycles. The Balaban J connectivity index is 1.47. The van der Waals surface area contributed by atoms with Crippen LogP contribution in [0.25, 0.3) is 11.4 Å². The topological polar surface area (TPSA) is 60.2 Å². The Morgan fingerprint density at radius 2 is 1.54 bits per heavy atom. The van der Waals surface area contributed by atoms with Crippen molar-refractivity contribution in [3.05, 3.63) is 87.6 Å². The zero-order chi connectivity index (χ0) is 19.5. The van der Waals surface area contributed by atoms with E-state index in [2.05, 4.69) is 41.9 Å². The standard InChI is InChI=1S/C21H15Br2N3O2/c22-18-10-15(11-19(23)20(18)27)21-24-13-26(25-21)12-14-6-8-17(9-7-14)28-16-4-2-1-3-5-16/h1-11,13,27H,12H2. The lowest BCUT2D eigenvalue weighted by atomic mass is 10.2. The molecule has 0 saturated heterocycles. The van der Waals surface area contributed by atoms with Crippen LogP contribution in [0.2, 0.25) is 0 Å². The van der Waals surface area contributed by atoms with Crippen LogP contribution in [0.1, 0.15) is 5.56 Å². The van der Waals surface area contributed by atoms with E-state index in [1.54, 1.807) is 23.1 Å². The first kappa shape index (κ1) is 18.7. The quantitative estimate of drug-likeness (QED) is 0.364. The molecule has 4 aromatic rings. The van der Waals surface area contributed by atoms with Crippen molar-refractivity contribution in [3.8, 4) is 28.6 Å². The number of phenols is 1. The summed E-state index contributed by atoms with van der Waals surface area (Å²) < 4.78 is 8.76. The molecule has 4 rings (SSSR count). The fourth-order valence-electron chi connectivity index (χ4n) is 2.67. The fourth-order valence-corrected chi connectivity index (χ4v) is 3.86. The van der Waals surface area contributed by atoms with Crippen LogP contribution < -0.4 is 4.74 Å². The van der Waals surface area contributed by atoms with Gasteiger partial charge in [-0.1, -0.05) is 30.3 Å². The average molecular weight is 501 g/mol. The van der Waals surface area contributed by atoms with E-state index in [9.17, 15) is 5.11 Å². The zero-order valence-corrected chi connectivity index (χ0v) is 17.8. The van der Waals surface area contributed by atoms with Gasteiger partial charge in [-0.25, -0.2) is 9.67 Å². The number of nitrogens with zero attached hydrogens (tertiary/aromatic N) is 3. The molecule has 0 saturated carbocycles. The Kier molecular flexibility index (Phi) is 5.45. The number of benzene rings is 3. The van der Waals surface area contributed by atoms with Gasteiger partial charge in [-0.3, -0.25) is 0 Å². The third kappa shape index (κ3) is 4.26. The molecule has 0 aliphatic carbocycles. The molecular weight excluding hydrogens is 486 g/mol. The Morgan fingerprint density at radius 1 is 0.893 bits per heavy atom. The van der Waals surface area contributed by atoms with Gasteiger partial charge in [-0.05, 0) is 73.8 Å². The number of para-hydroxylation sites is 1. The summed E-state index contributed by atoms with van der Waals surface area (Å²) in [5, 5.41) is 14.4. The predicted molar refractivity (Wildman–Crippen MR) is 115 cm³/mol. The minimum atomic E-state index is 0.154. The summed E-state index contributed by atoms with van der Waals surface area (Å²) in [6.45, 7) is 0.596. The number of phenolic OH excluding ortho intramolecular Hbond substituents is 1. The first-order valence-corrected chi connectivity index (χ1v) is 10.1. The molecule has 0 spiro atoms. The van der Waals surface area contributed by atoms with Crippen LogP contribution in [0.5, 0.6) is 17.2 Å². The van der Waals surface area contributed by atoms with Crippen LogP contribution in [0.3, 0.4) is 0 Å². The van der Waals surface area contributed by atoms with E-state index < -0.39 is 0 Å². The Morgan fingerprint density at radius 3 is 2.21 bits per heavy atom. The molecule has 28 heavy (non-hydrogen) atoms. The van der Waals surface area contributed by atoms with E-state index in [1.807, 2.05) is 54.6 Å². The van der Waals surface area contributed by atoms with Crippen LogP contribution in [-0.4, -0.2) is 19.9 Å². The van der Waals surface area contributed by atoms with Crippen molar-refractivity contribution in [1.29, 1.82) is 0 Å². The van der Waals surface area contributed by atoms with Gasteiger partial charge >= 0.3 is 0 Å². The molecule has 0 aliphatic rings. The van der Waals surface area contributed by atoms with E-state index in [-0.39, 0.29) is 5.75 Å². The summed E-state index contributed by atoms with van der Waals surface area (Å²) >= 11 is 6.66. The first-order valence-electron chi connectivity index (χ1n) is 8.48. The summed E-state index contributed by atoms with van der Waals surface area (Å²) in [5.74, 6) is 2.34. The van der Waals surface area contributed by atoms with Crippen LogP contribution >= 0.6 is 31.9 Å². The second-order valence-electron chi connectivity index (χ2n) is 6.11. The van der Waals surface area contributed by atoms with Crippen LogP contribution in [0, 0.1) is 0 Å². The van der Waals surface area contributed by atoms with Gasteiger partial charge in [0.15, 0.2) is 5.82 Å². The molecule has 140 valence electrons. The number of hydrogen-bond donors (Lipinski definition) is 1. The Hall–Kier alpha value is -2.64. The minimum Gasteiger partial charge on any atom is -0.506 e. The van der Waals surface area contributed by atoms with Gasteiger partial charge in [-0.2, -0.15) is 5.10 Å². The number of aromatic hydroxyl groups is 1. The molecule has 0 fully saturated rings. The van der Waals surface area contributed by atoms with Crippen molar-refractivity contribution in [1.82, 2.24) is 14.8 Å². The lowest BCUT2D eigenvalue weighted by Gasteiger charge is -2.07. The summed E-state index contributed by atoms with van der Waals surface area (Å²) in [5.41, 5.74) is 1.90. The van der Waals surface area contributed by atoms with Gasteiger partial charge in [0.25, 0.3) is 0 Å². The van der Waals surface area contributed by atoms with Crippen LogP contribution in [0.4, 0.5) is 0 Å². The van der Waals surface area contributed by atoms with E-state index >= 15 is 0 Å². The van der Waals surface area contributed by atoms with Gasteiger partial charge in [0.1, 0.15) is 23.6 Å². The van der Waals surface area contributed by atoms with Crippen molar-refractivity contribution in [2.24, 2.45) is 0 Å². The number of hydrogen-bond acceptors (Lipinski definition) is 4. The minimum absolute atomic E-state index is 0.154. The van der Waals surface area contributed by atoms with Crippen LogP contribution in [0.15, 0.2) is 82.0 Å². The molecule has 0 atom stereocenters. The first-order chi connectivity index (χ1) is 13.6. The second-order valence-corrected chi connectivity index (χ2v) is 7.82. The van der Waals surface area contributed by atoms with Gasteiger partial charge in [-0.15, -0.1) is 0 Å². The van der Waals surface area contributed by atoms with E-state index in [0.717, 1.165) is 22.6 Å². The average Bonchev–Trinajstić information content (AvgIpc) is 3.17. The number of ether oxygens (including phenoxy) is 1. The van der Waals surface area contributed by atoms with E-state index in [1.165, 1.54) is 0 Å². The SMILES string of the molecule is Oc1c(Br)cc(-c2ncn(Cc3ccc(Oc4ccccc4)cc3)n2)cc1Br. The molecule has 0 radical (unpaired) electrons. The summed E-state index contributed by atoms with van der Waals surface area (Å²) in [4.78, 5) is 4.37. The predicted octanol–water partition coefficient (Wildman–Crippen LogP) is 6.02. The van der Waals surface area contributed by atoms with Gasteiger partial charge in [0.2, 0.25) is 0 Å². The zero-order valence-electron chi connectivity index (χ0n) is 14.6. The van der Waals surface area contributed by atoms with Crippen molar-refractivity contribution in [2.75, 3.05) is 0 Å². The molecule has 0 bridgehead atoms. The second kappa shape index (κ2) is 8.16. The van der Waals surface area contributed by atoms with Crippen molar-refractivity contribution >= 4 is 31.9 Å². The molecule has 5 nitrogen and oxygen atoms in total. The molecular formula is C21H15Br2N3O2. The maximum atomic E-state index is 9.84. The maximum absolute atomic E-state index is 9.84. The fraction of sp³-hybridized carbons (Fsp3) is 0.0476. The maximum Gasteiger partial charge on any atom is 0.181 e. The van der Waals surface area contributed by atoms with Gasteiger partial charge < -0.3 is 9.84 Å². The molecule has 1 N–H and O–H groups in total. The highest BCUT2D eigenvalue weighted by molar-refractivity contribution is 9.11. The van der Waals surface area contributed by atoms with Gasteiger partial charge in [0.05, 0.1) is 15.5 Å². The molecule has 1 aromatic heterocycles. The molecule has 3 aromatic carbocycles. The summed E-state index contributed by atoms with van der Waals surface area (Å²) in [7, 11) is 0. The lowest BCUT2D eigenvalue weighted by Crippen LogP contribution is -2.00.